The van der Waals surface area contributed by atoms with Crippen LogP contribution in [0, 0.1) is 6.92 Å². The van der Waals surface area contributed by atoms with Crippen LogP contribution >= 0.6 is 0 Å². The molecule has 0 saturated heterocycles. The highest BCUT2D eigenvalue weighted by Crippen LogP contribution is 2.14. The monoisotopic (exact) mass is 298 g/mol. The Labute approximate surface area is 118 Å². The van der Waals surface area contributed by atoms with Gasteiger partial charge in [0.05, 0.1) is 25.2 Å². The highest BCUT2D eigenvalue weighted by Gasteiger charge is 2.17. The van der Waals surface area contributed by atoms with Crippen molar-refractivity contribution in [1.29, 1.82) is 0 Å². The Bertz CT molecular complexity index is 631. The quantitative estimate of drug-likeness (QED) is 0.728. The molecule has 0 aliphatic rings. The zero-order valence-corrected chi connectivity index (χ0v) is 12.3. The van der Waals surface area contributed by atoms with Crippen LogP contribution in [0.5, 0.6) is 0 Å². The van der Waals surface area contributed by atoms with Gasteiger partial charge in [0.25, 0.3) is 10.1 Å². The van der Waals surface area contributed by atoms with Crippen molar-refractivity contribution in [3.63, 3.8) is 0 Å². The normalized spacial score (nSPS) is 13.5. The van der Waals surface area contributed by atoms with Crippen LogP contribution in [-0.4, -0.2) is 30.3 Å². The van der Waals surface area contributed by atoms with Crippen LogP contribution in [-0.2, 0) is 27.3 Å². The molecule has 1 atom stereocenters. The molecule has 2 heterocycles. The van der Waals surface area contributed by atoms with Gasteiger partial charge in [0.15, 0.2) is 0 Å². The second-order valence-electron chi connectivity index (χ2n) is 4.73. The lowest BCUT2D eigenvalue weighted by Gasteiger charge is -2.16. The van der Waals surface area contributed by atoms with Crippen molar-refractivity contribution in [3.8, 4) is 0 Å². The van der Waals surface area contributed by atoms with Crippen LogP contribution in [0.1, 0.15) is 17.9 Å². The highest BCUT2D eigenvalue weighted by atomic mass is 32.2. The first-order valence-corrected chi connectivity index (χ1v) is 8.13. The molecular formula is C13H18N2O4S. The first-order valence-electron chi connectivity index (χ1n) is 6.32. The summed E-state index contributed by atoms with van der Waals surface area (Å²) in [5.74, 6) is 1.67. The molecule has 0 fully saturated rings. The van der Waals surface area contributed by atoms with Crippen molar-refractivity contribution < 1.29 is 17.0 Å². The van der Waals surface area contributed by atoms with Gasteiger partial charge in [-0.15, -0.1) is 0 Å². The van der Waals surface area contributed by atoms with Gasteiger partial charge in [0, 0.05) is 18.8 Å². The van der Waals surface area contributed by atoms with Gasteiger partial charge in [-0.3, -0.25) is 4.18 Å². The maximum Gasteiger partial charge on any atom is 0.264 e. The Morgan fingerprint density at radius 2 is 2.25 bits per heavy atom. The van der Waals surface area contributed by atoms with Crippen molar-refractivity contribution in [3.05, 3.63) is 42.4 Å². The smallest absolute Gasteiger partial charge is 0.264 e. The molecule has 0 bridgehead atoms. The van der Waals surface area contributed by atoms with Crippen LogP contribution in [0.3, 0.4) is 0 Å². The second kappa shape index (κ2) is 6.23. The summed E-state index contributed by atoms with van der Waals surface area (Å²) in [6.07, 6.45) is 6.86. The SMILES string of the molecule is Cc1ccc(CCC(Cn2ccnc2)OS(C)(=O)=O)o1. The van der Waals surface area contributed by atoms with Gasteiger partial charge in [-0.2, -0.15) is 8.42 Å². The maximum atomic E-state index is 11.3. The Morgan fingerprint density at radius 3 is 2.80 bits per heavy atom. The van der Waals surface area contributed by atoms with E-state index in [1.807, 2.05) is 19.1 Å². The van der Waals surface area contributed by atoms with E-state index in [1.54, 1.807) is 23.3 Å². The van der Waals surface area contributed by atoms with Crippen LogP contribution in [0.15, 0.2) is 35.3 Å². The third kappa shape index (κ3) is 4.82. The van der Waals surface area contributed by atoms with E-state index in [2.05, 4.69) is 4.98 Å². The minimum Gasteiger partial charge on any atom is -0.466 e. The Hall–Kier alpha value is -1.60. The van der Waals surface area contributed by atoms with E-state index in [9.17, 15) is 8.42 Å². The average Bonchev–Trinajstić information content (AvgIpc) is 2.96. The van der Waals surface area contributed by atoms with E-state index in [1.165, 1.54) is 0 Å². The molecule has 0 aliphatic carbocycles. The van der Waals surface area contributed by atoms with Crippen molar-refractivity contribution in [2.24, 2.45) is 0 Å². The second-order valence-corrected chi connectivity index (χ2v) is 6.33. The fourth-order valence-electron chi connectivity index (χ4n) is 1.97. The summed E-state index contributed by atoms with van der Waals surface area (Å²) in [5.41, 5.74) is 0. The van der Waals surface area contributed by atoms with E-state index in [4.69, 9.17) is 8.60 Å². The molecule has 0 N–H and O–H groups in total. The number of hydrogen-bond donors (Lipinski definition) is 0. The Balaban J connectivity index is 1.98. The number of aromatic nitrogens is 2. The third-order valence-corrected chi connectivity index (χ3v) is 3.41. The lowest BCUT2D eigenvalue weighted by atomic mass is 10.1. The van der Waals surface area contributed by atoms with Crippen molar-refractivity contribution in [1.82, 2.24) is 9.55 Å². The van der Waals surface area contributed by atoms with E-state index >= 15 is 0 Å². The summed E-state index contributed by atoms with van der Waals surface area (Å²) >= 11 is 0. The summed E-state index contributed by atoms with van der Waals surface area (Å²) in [7, 11) is -3.49. The maximum absolute atomic E-state index is 11.3. The fraction of sp³-hybridized carbons (Fsp3) is 0.462. The summed E-state index contributed by atoms with van der Waals surface area (Å²) in [4.78, 5) is 3.93. The molecule has 7 heteroatoms. The summed E-state index contributed by atoms with van der Waals surface area (Å²) in [6.45, 7) is 2.31. The molecule has 1 unspecified atom stereocenters. The van der Waals surface area contributed by atoms with Crippen LogP contribution in [0.25, 0.3) is 0 Å². The van der Waals surface area contributed by atoms with Gasteiger partial charge in [-0.1, -0.05) is 0 Å². The molecule has 0 aromatic carbocycles. The number of aryl methyl sites for hydroxylation is 2. The summed E-state index contributed by atoms with van der Waals surface area (Å²) in [6, 6.07) is 3.78. The molecule has 110 valence electrons. The van der Waals surface area contributed by atoms with Crippen molar-refractivity contribution >= 4 is 10.1 Å². The van der Waals surface area contributed by atoms with E-state index in [-0.39, 0.29) is 0 Å². The highest BCUT2D eigenvalue weighted by molar-refractivity contribution is 7.86. The van der Waals surface area contributed by atoms with Gasteiger partial charge in [0.2, 0.25) is 0 Å². The van der Waals surface area contributed by atoms with E-state index in [0.29, 0.717) is 19.4 Å². The molecule has 2 rings (SSSR count). The molecule has 0 radical (unpaired) electrons. The molecule has 6 nitrogen and oxygen atoms in total. The number of imidazole rings is 1. The predicted molar refractivity (Wildman–Crippen MR) is 73.7 cm³/mol. The predicted octanol–water partition coefficient (Wildman–Crippen LogP) is 1.76. The number of nitrogens with zero attached hydrogens (tertiary/aromatic N) is 2. The molecule has 0 spiro atoms. The van der Waals surface area contributed by atoms with Gasteiger partial charge in [0.1, 0.15) is 11.5 Å². The van der Waals surface area contributed by atoms with E-state index < -0.39 is 16.2 Å². The molecule has 20 heavy (non-hydrogen) atoms. The molecule has 0 saturated carbocycles. The zero-order valence-electron chi connectivity index (χ0n) is 11.5. The molecule has 2 aromatic heterocycles. The molecule has 0 aliphatic heterocycles. The molecule has 2 aromatic rings. The first kappa shape index (κ1) is 14.8. The lowest BCUT2D eigenvalue weighted by Crippen LogP contribution is -2.23. The van der Waals surface area contributed by atoms with Gasteiger partial charge in [-0.05, 0) is 25.5 Å². The van der Waals surface area contributed by atoms with Crippen molar-refractivity contribution in [2.75, 3.05) is 6.26 Å². The molecular weight excluding hydrogens is 280 g/mol. The van der Waals surface area contributed by atoms with Crippen LogP contribution < -0.4 is 0 Å². The standard InChI is InChI=1S/C13H18N2O4S/c1-11-3-4-12(18-11)5-6-13(19-20(2,16)17)9-15-8-7-14-10-15/h3-4,7-8,10,13H,5-6,9H2,1-2H3. The third-order valence-electron chi connectivity index (χ3n) is 2.79. The number of rotatable bonds is 7. The van der Waals surface area contributed by atoms with Gasteiger partial charge < -0.3 is 8.98 Å². The summed E-state index contributed by atoms with van der Waals surface area (Å²) in [5, 5.41) is 0. The van der Waals surface area contributed by atoms with Gasteiger partial charge >= 0.3 is 0 Å². The Morgan fingerprint density at radius 1 is 1.45 bits per heavy atom. The lowest BCUT2D eigenvalue weighted by molar-refractivity contribution is 0.177. The largest absolute Gasteiger partial charge is 0.466 e. The average molecular weight is 298 g/mol. The van der Waals surface area contributed by atoms with Crippen molar-refractivity contribution in [2.45, 2.75) is 32.4 Å². The first-order chi connectivity index (χ1) is 9.42. The van der Waals surface area contributed by atoms with E-state index in [0.717, 1.165) is 17.8 Å². The van der Waals surface area contributed by atoms with Crippen LogP contribution in [0.2, 0.25) is 0 Å². The minimum absolute atomic E-state index is 0.437. The van der Waals surface area contributed by atoms with Gasteiger partial charge in [-0.25, -0.2) is 4.98 Å². The number of hydrogen-bond acceptors (Lipinski definition) is 5. The Kier molecular flexibility index (Phi) is 4.61. The number of furan rings is 1. The summed E-state index contributed by atoms with van der Waals surface area (Å²) < 4.78 is 35.0. The van der Waals surface area contributed by atoms with Crippen LogP contribution in [0.4, 0.5) is 0 Å². The molecule has 0 amide bonds. The zero-order chi connectivity index (χ0) is 14.6. The topological polar surface area (TPSA) is 74.3 Å². The fourth-order valence-corrected chi connectivity index (χ4v) is 2.62. The minimum atomic E-state index is -3.49.